The van der Waals surface area contributed by atoms with E-state index in [4.69, 9.17) is 9.47 Å². The highest BCUT2D eigenvalue weighted by molar-refractivity contribution is 5.89. The van der Waals surface area contributed by atoms with Gasteiger partial charge in [0.25, 0.3) is 0 Å². The van der Waals surface area contributed by atoms with Crippen LogP contribution in [0, 0.1) is 0 Å². The van der Waals surface area contributed by atoms with Gasteiger partial charge in [-0.1, -0.05) is 6.92 Å². The highest BCUT2D eigenvalue weighted by Crippen LogP contribution is 2.23. The van der Waals surface area contributed by atoms with Crippen LogP contribution in [0.4, 0.5) is 5.82 Å². The predicted octanol–water partition coefficient (Wildman–Crippen LogP) is 1.38. The number of carbonyl (C=O) groups is 1. The van der Waals surface area contributed by atoms with Crippen molar-refractivity contribution in [3.05, 3.63) is 12.3 Å². The molecular formula is C12H19N3O3. The fourth-order valence-electron chi connectivity index (χ4n) is 1.82. The van der Waals surface area contributed by atoms with Crippen molar-refractivity contribution in [2.75, 3.05) is 11.9 Å². The molecule has 1 aromatic heterocycles. The lowest BCUT2D eigenvalue weighted by Gasteiger charge is -2.16. The first kappa shape index (κ1) is 13.0. The normalized spacial score (nSPS) is 22.1. The van der Waals surface area contributed by atoms with Gasteiger partial charge in [-0.3, -0.25) is 9.48 Å². The lowest BCUT2D eigenvalue weighted by molar-refractivity contribution is -0.139. The van der Waals surface area contributed by atoms with Crippen LogP contribution in [0.15, 0.2) is 12.3 Å². The molecule has 6 nitrogen and oxygen atoms in total. The highest BCUT2D eigenvalue weighted by atomic mass is 16.7. The number of anilines is 1. The van der Waals surface area contributed by atoms with Crippen LogP contribution in [-0.2, 0) is 20.8 Å². The van der Waals surface area contributed by atoms with Crippen molar-refractivity contribution < 1.29 is 14.3 Å². The summed E-state index contributed by atoms with van der Waals surface area (Å²) in [6.07, 6.45) is 2.26. The van der Waals surface area contributed by atoms with Gasteiger partial charge in [0.2, 0.25) is 5.91 Å². The number of hydrogen-bond donors (Lipinski definition) is 1. The van der Waals surface area contributed by atoms with Gasteiger partial charge in [0.1, 0.15) is 6.10 Å². The van der Waals surface area contributed by atoms with Crippen LogP contribution >= 0.6 is 0 Å². The summed E-state index contributed by atoms with van der Waals surface area (Å²) in [6, 6.07) is 1.77. The number of ether oxygens (including phenoxy) is 2. The molecule has 1 unspecified atom stereocenters. The fraction of sp³-hybridized carbons (Fsp3) is 0.667. The van der Waals surface area contributed by atoms with E-state index in [1.165, 1.54) is 0 Å². The summed E-state index contributed by atoms with van der Waals surface area (Å²) in [5.41, 5.74) is 0. The van der Waals surface area contributed by atoms with Crippen LogP contribution in [-0.4, -0.2) is 34.2 Å². The molecule has 1 saturated heterocycles. The van der Waals surface area contributed by atoms with E-state index in [1.54, 1.807) is 17.7 Å². The summed E-state index contributed by atoms with van der Waals surface area (Å²) in [5, 5.41) is 6.97. The average molecular weight is 253 g/mol. The smallest absolute Gasteiger partial charge is 0.225 e. The standard InChI is InChI=1S/C12H19N3O3/c1-4-11(16)13-10-5-6-15(14-10)7-9-8-17-12(2,3)18-9/h5-6,9H,4,7-8H2,1-3H3,(H,13,14,16). The first-order valence-electron chi connectivity index (χ1n) is 6.13. The number of aromatic nitrogens is 2. The van der Waals surface area contributed by atoms with Gasteiger partial charge in [0.05, 0.1) is 13.2 Å². The second-order valence-corrected chi connectivity index (χ2v) is 4.78. The van der Waals surface area contributed by atoms with E-state index in [2.05, 4.69) is 10.4 Å². The summed E-state index contributed by atoms with van der Waals surface area (Å²) in [6.45, 7) is 6.76. The quantitative estimate of drug-likeness (QED) is 0.880. The van der Waals surface area contributed by atoms with Crippen LogP contribution < -0.4 is 5.32 Å². The van der Waals surface area contributed by atoms with E-state index in [-0.39, 0.29) is 12.0 Å². The third-order valence-corrected chi connectivity index (χ3v) is 2.69. The molecule has 0 aromatic carbocycles. The number of rotatable bonds is 4. The third kappa shape index (κ3) is 3.30. The summed E-state index contributed by atoms with van der Waals surface area (Å²) >= 11 is 0. The summed E-state index contributed by atoms with van der Waals surface area (Å²) in [5.74, 6) is 0.0127. The van der Waals surface area contributed by atoms with E-state index in [0.29, 0.717) is 25.4 Å². The maximum absolute atomic E-state index is 11.2. The molecule has 1 aliphatic rings. The van der Waals surface area contributed by atoms with Gasteiger partial charge in [0.15, 0.2) is 11.6 Å². The molecule has 1 amide bonds. The maximum Gasteiger partial charge on any atom is 0.225 e. The lowest BCUT2D eigenvalue weighted by Crippen LogP contribution is -2.24. The topological polar surface area (TPSA) is 65.4 Å². The van der Waals surface area contributed by atoms with E-state index in [0.717, 1.165) is 0 Å². The van der Waals surface area contributed by atoms with E-state index in [1.807, 2.05) is 20.0 Å². The van der Waals surface area contributed by atoms with Gasteiger partial charge in [-0.05, 0) is 13.8 Å². The largest absolute Gasteiger partial charge is 0.348 e. The van der Waals surface area contributed by atoms with Crippen LogP contribution in [0.1, 0.15) is 27.2 Å². The van der Waals surface area contributed by atoms with E-state index in [9.17, 15) is 4.79 Å². The van der Waals surface area contributed by atoms with Gasteiger partial charge in [-0.25, -0.2) is 0 Å². The molecule has 2 heterocycles. The maximum atomic E-state index is 11.2. The number of hydrogen-bond acceptors (Lipinski definition) is 4. The van der Waals surface area contributed by atoms with Gasteiger partial charge in [0, 0.05) is 18.7 Å². The van der Waals surface area contributed by atoms with Crippen molar-refractivity contribution in [1.82, 2.24) is 9.78 Å². The Kier molecular flexibility index (Phi) is 3.68. The zero-order valence-corrected chi connectivity index (χ0v) is 11.0. The van der Waals surface area contributed by atoms with Gasteiger partial charge in [-0.15, -0.1) is 0 Å². The molecule has 0 bridgehead atoms. The fourth-order valence-corrected chi connectivity index (χ4v) is 1.82. The average Bonchev–Trinajstić information content (AvgIpc) is 2.86. The van der Waals surface area contributed by atoms with E-state index >= 15 is 0 Å². The van der Waals surface area contributed by atoms with Gasteiger partial charge < -0.3 is 14.8 Å². The van der Waals surface area contributed by atoms with Gasteiger partial charge in [-0.2, -0.15) is 5.10 Å². The minimum Gasteiger partial charge on any atom is -0.348 e. The number of carbonyl (C=O) groups excluding carboxylic acids is 1. The van der Waals surface area contributed by atoms with Crippen molar-refractivity contribution in [2.45, 2.75) is 45.6 Å². The summed E-state index contributed by atoms with van der Waals surface area (Å²) in [7, 11) is 0. The lowest BCUT2D eigenvalue weighted by atomic mass is 10.4. The van der Waals surface area contributed by atoms with Crippen LogP contribution in [0.5, 0.6) is 0 Å². The Hall–Kier alpha value is -1.40. The summed E-state index contributed by atoms with van der Waals surface area (Å²) in [4.78, 5) is 11.2. The SMILES string of the molecule is CCC(=O)Nc1ccn(CC2COC(C)(C)O2)n1. The van der Waals surface area contributed by atoms with Gasteiger partial charge >= 0.3 is 0 Å². The Morgan fingerprint density at radius 3 is 3.06 bits per heavy atom. The highest BCUT2D eigenvalue weighted by Gasteiger charge is 2.32. The Bertz CT molecular complexity index is 428. The Morgan fingerprint density at radius 1 is 1.67 bits per heavy atom. The zero-order valence-electron chi connectivity index (χ0n) is 11.0. The Morgan fingerprint density at radius 2 is 2.44 bits per heavy atom. The Balaban J connectivity index is 1.89. The first-order chi connectivity index (χ1) is 8.48. The van der Waals surface area contributed by atoms with Crippen molar-refractivity contribution in [2.24, 2.45) is 0 Å². The predicted molar refractivity (Wildman–Crippen MR) is 66.1 cm³/mol. The minimum atomic E-state index is -0.517. The first-order valence-corrected chi connectivity index (χ1v) is 6.13. The van der Waals surface area contributed by atoms with E-state index < -0.39 is 5.79 Å². The molecule has 1 aliphatic heterocycles. The minimum absolute atomic E-state index is 0.00498. The molecule has 18 heavy (non-hydrogen) atoms. The Labute approximate surface area is 106 Å². The molecule has 0 saturated carbocycles. The monoisotopic (exact) mass is 253 g/mol. The second kappa shape index (κ2) is 5.07. The van der Waals surface area contributed by atoms with Crippen LogP contribution in [0.3, 0.4) is 0 Å². The van der Waals surface area contributed by atoms with Crippen LogP contribution in [0.2, 0.25) is 0 Å². The summed E-state index contributed by atoms with van der Waals surface area (Å²) < 4.78 is 12.9. The zero-order chi connectivity index (χ0) is 13.2. The van der Waals surface area contributed by atoms with Crippen molar-refractivity contribution in [3.63, 3.8) is 0 Å². The molecule has 0 radical (unpaired) electrons. The second-order valence-electron chi connectivity index (χ2n) is 4.78. The third-order valence-electron chi connectivity index (χ3n) is 2.69. The number of amides is 1. The molecule has 1 atom stereocenters. The van der Waals surface area contributed by atoms with Crippen molar-refractivity contribution in [3.8, 4) is 0 Å². The molecule has 1 fully saturated rings. The van der Waals surface area contributed by atoms with Crippen LogP contribution in [0.25, 0.3) is 0 Å². The number of nitrogens with zero attached hydrogens (tertiary/aromatic N) is 2. The van der Waals surface area contributed by atoms with Crippen molar-refractivity contribution in [1.29, 1.82) is 0 Å². The van der Waals surface area contributed by atoms with Crippen molar-refractivity contribution >= 4 is 11.7 Å². The molecule has 0 spiro atoms. The molecule has 6 heteroatoms. The molecule has 100 valence electrons. The number of nitrogens with one attached hydrogen (secondary N) is 1. The molecule has 0 aliphatic carbocycles. The molecule has 1 aromatic rings. The molecule has 1 N–H and O–H groups in total. The molecular weight excluding hydrogens is 234 g/mol. The molecule has 2 rings (SSSR count).